The lowest BCUT2D eigenvalue weighted by molar-refractivity contribution is -0.140. The first-order chi connectivity index (χ1) is 14.5. The molecule has 2 aromatic rings. The monoisotopic (exact) mass is 442 g/mol. The van der Waals surface area contributed by atoms with Crippen molar-refractivity contribution in [1.29, 1.82) is 0 Å². The number of methoxy groups -OCH3 is 1. The van der Waals surface area contributed by atoms with E-state index in [1.165, 1.54) is 19.1 Å². The maximum absolute atomic E-state index is 13.5. The number of rotatable bonds is 6. The number of nitrogens with one attached hydrogen (secondary N) is 1. The van der Waals surface area contributed by atoms with Crippen LogP contribution in [0.3, 0.4) is 0 Å². The van der Waals surface area contributed by atoms with Crippen LogP contribution in [0, 0.1) is 0 Å². The Bertz CT molecular complexity index is 1140. The van der Waals surface area contributed by atoms with Crippen molar-refractivity contribution in [3.63, 3.8) is 0 Å². The first kappa shape index (κ1) is 22.6. The van der Waals surface area contributed by atoms with Gasteiger partial charge in [0.15, 0.2) is 9.84 Å². The van der Waals surface area contributed by atoms with E-state index in [1.54, 1.807) is 31.1 Å². The molecule has 3 rings (SSSR count). The van der Waals surface area contributed by atoms with Gasteiger partial charge in [-0.15, -0.1) is 0 Å². The number of amides is 2. The summed E-state index contributed by atoms with van der Waals surface area (Å²) in [6, 6.07) is 13.6. The van der Waals surface area contributed by atoms with Crippen molar-refractivity contribution in [2.75, 3.05) is 26.5 Å². The number of carbonyl (C=O) groups excluding carboxylic acids is 2. The Balaban J connectivity index is 1.87. The van der Waals surface area contributed by atoms with E-state index < -0.39 is 15.4 Å². The zero-order chi connectivity index (χ0) is 22.8. The molecule has 31 heavy (non-hydrogen) atoms. The molecule has 0 bridgehead atoms. The topological polar surface area (TPSA) is 92.8 Å². The van der Waals surface area contributed by atoms with E-state index in [0.717, 1.165) is 23.1 Å². The second-order valence-corrected chi connectivity index (χ2v) is 9.77. The summed E-state index contributed by atoms with van der Waals surface area (Å²) in [6.07, 6.45) is 3.10. The van der Waals surface area contributed by atoms with Crippen LogP contribution in [0.15, 0.2) is 59.5 Å². The summed E-state index contributed by atoms with van der Waals surface area (Å²) in [4.78, 5) is 27.3. The Labute approximate surface area is 182 Å². The van der Waals surface area contributed by atoms with Crippen LogP contribution in [0.5, 0.6) is 5.75 Å². The molecule has 1 N–H and O–H groups in total. The molecule has 1 atom stereocenters. The van der Waals surface area contributed by atoms with Crippen molar-refractivity contribution >= 4 is 27.2 Å². The fraction of sp³-hybridized carbons (Fsp3) is 0.304. The fourth-order valence-corrected chi connectivity index (χ4v) is 4.33. The van der Waals surface area contributed by atoms with Gasteiger partial charge in [-0.25, -0.2) is 8.42 Å². The molecule has 1 aliphatic heterocycles. The van der Waals surface area contributed by atoms with E-state index in [2.05, 4.69) is 5.32 Å². The highest BCUT2D eigenvalue weighted by Crippen LogP contribution is 2.30. The predicted molar refractivity (Wildman–Crippen MR) is 118 cm³/mol. The van der Waals surface area contributed by atoms with Gasteiger partial charge in [0, 0.05) is 26.3 Å². The number of ether oxygens (including phenoxy) is 1. The predicted octanol–water partition coefficient (Wildman–Crippen LogP) is 2.38. The Morgan fingerprint density at radius 1 is 1.13 bits per heavy atom. The Morgan fingerprint density at radius 2 is 1.81 bits per heavy atom. The minimum Gasteiger partial charge on any atom is -0.497 e. The normalized spacial score (nSPS) is 15.7. The van der Waals surface area contributed by atoms with E-state index in [1.807, 2.05) is 30.3 Å². The van der Waals surface area contributed by atoms with Gasteiger partial charge in [-0.2, -0.15) is 0 Å². The number of hydrogen-bond acceptors (Lipinski definition) is 5. The molecule has 1 heterocycles. The second-order valence-electron chi connectivity index (χ2n) is 7.75. The smallest absolute Gasteiger partial charge is 0.253 e. The maximum atomic E-state index is 13.5. The Morgan fingerprint density at radius 3 is 2.39 bits per heavy atom. The van der Waals surface area contributed by atoms with Gasteiger partial charge in [-0.3, -0.25) is 9.59 Å². The summed E-state index contributed by atoms with van der Waals surface area (Å²) in [5.74, 6) is 0.101. The largest absolute Gasteiger partial charge is 0.497 e. The van der Waals surface area contributed by atoms with E-state index in [4.69, 9.17) is 4.74 Å². The molecule has 0 spiro atoms. The van der Waals surface area contributed by atoms with Crippen LogP contribution in [0.25, 0.3) is 5.57 Å². The Hall–Kier alpha value is -3.13. The van der Waals surface area contributed by atoms with E-state index in [0.29, 0.717) is 18.7 Å². The van der Waals surface area contributed by atoms with Crippen LogP contribution < -0.4 is 10.1 Å². The van der Waals surface area contributed by atoms with Gasteiger partial charge in [0.25, 0.3) is 5.91 Å². The SMILES string of the molecule is COc1cccc(C2=CCN(C(=O)C(C)(NC(C)=O)c3ccc(S(C)(=O)=O)cc3)C2)c1. The summed E-state index contributed by atoms with van der Waals surface area (Å²) in [5, 5.41) is 2.76. The first-order valence-electron chi connectivity index (χ1n) is 9.77. The number of carbonyl (C=O) groups is 2. The highest BCUT2D eigenvalue weighted by atomic mass is 32.2. The minimum atomic E-state index is -3.37. The molecular weight excluding hydrogens is 416 g/mol. The molecule has 0 fully saturated rings. The third-order valence-electron chi connectivity index (χ3n) is 5.36. The third kappa shape index (κ3) is 4.80. The van der Waals surface area contributed by atoms with E-state index in [9.17, 15) is 18.0 Å². The summed E-state index contributed by atoms with van der Waals surface area (Å²) in [6.45, 7) is 3.78. The molecule has 0 aliphatic carbocycles. The fourth-order valence-electron chi connectivity index (χ4n) is 3.69. The van der Waals surface area contributed by atoms with Gasteiger partial charge in [-0.05, 0) is 47.9 Å². The molecule has 0 radical (unpaired) electrons. The van der Waals surface area contributed by atoms with Crippen molar-refractivity contribution in [3.8, 4) is 5.75 Å². The van der Waals surface area contributed by atoms with Gasteiger partial charge in [0.2, 0.25) is 5.91 Å². The standard InChI is InChI=1S/C23H26N2O5S/c1-16(26)24-23(2,19-8-10-21(11-9-19)31(4,28)29)22(27)25-13-12-18(15-25)17-6-5-7-20(14-17)30-3/h5-12,14H,13,15H2,1-4H3,(H,24,26). The van der Waals surface area contributed by atoms with Crippen molar-refractivity contribution in [2.24, 2.45) is 0 Å². The van der Waals surface area contributed by atoms with Crippen LogP contribution in [0.1, 0.15) is 25.0 Å². The Kier molecular flexibility index (Phi) is 6.22. The average Bonchev–Trinajstić information content (AvgIpc) is 3.22. The van der Waals surface area contributed by atoms with Crippen LogP contribution >= 0.6 is 0 Å². The van der Waals surface area contributed by atoms with Gasteiger partial charge < -0.3 is 15.0 Å². The number of sulfone groups is 1. The quantitative estimate of drug-likeness (QED) is 0.742. The molecule has 7 nitrogen and oxygen atoms in total. The number of nitrogens with zero attached hydrogens (tertiary/aromatic N) is 1. The lowest BCUT2D eigenvalue weighted by Crippen LogP contribution is -2.54. The third-order valence-corrected chi connectivity index (χ3v) is 6.49. The van der Waals surface area contributed by atoms with Crippen LogP contribution in [-0.2, 0) is 25.0 Å². The van der Waals surface area contributed by atoms with E-state index >= 15 is 0 Å². The van der Waals surface area contributed by atoms with Gasteiger partial charge >= 0.3 is 0 Å². The van der Waals surface area contributed by atoms with Gasteiger partial charge in [0.1, 0.15) is 11.3 Å². The van der Waals surface area contributed by atoms with Crippen LogP contribution in [0.2, 0.25) is 0 Å². The van der Waals surface area contributed by atoms with Crippen LogP contribution in [-0.4, -0.2) is 51.6 Å². The highest BCUT2D eigenvalue weighted by Gasteiger charge is 2.40. The summed E-state index contributed by atoms with van der Waals surface area (Å²) < 4.78 is 28.8. The maximum Gasteiger partial charge on any atom is 0.253 e. The second kappa shape index (κ2) is 8.55. The zero-order valence-corrected chi connectivity index (χ0v) is 18.8. The summed E-state index contributed by atoms with van der Waals surface area (Å²) >= 11 is 0. The molecular formula is C23H26N2O5S. The molecule has 1 unspecified atom stereocenters. The average molecular weight is 443 g/mol. The molecule has 0 saturated heterocycles. The molecule has 0 aromatic heterocycles. The van der Waals surface area contributed by atoms with Gasteiger partial charge in [-0.1, -0.05) is 30.3 Å². The molecule has 0 saturated carbocycles. The van der Waals surface area contributed by atoms with Crippen LogP contribution in [0.4, 0.5) is 0 Å². The van der Waals surface area contributed by atoms with Gasteiger partial charge in [0.05, 0.1) is 12.0 Å². The lowest BCUT2D eigenvalue weighted by atomic mass is 9.90. The number of benzene rings is 2. The molecule has 1 aliphatic rings. The highest BCUT2D eigenvalue weighted by molar-refractivity contribution is 7.90. The first-order valence-corrected chi connectivity index (χ1v) is 11.7. The van der Waals surface area contributed by atoms with Crippen molar-refractivity contribution in [3.05, 3.63) is 65.7 Å². The van der Waals surface area contributed by atoms with Crippen molar-refractivity contribution in [1.82, 2.24) is 10.2 Å². The van der Waals surface area contributed by atoms with Crippen molar-refractivity contribution < 1.29 is 22.7 Å². The molecule has 164 valence electrons. The summed E-state index contributed by atoms with van der Waals surface area (Å²) in [5.41, 5.74) is 1.13. The molecule has 8 heteroatoms. The minimum absolute atomic E-state index is 0.150. The lowest BCUT2D eigenvalue weighted by Gasteiger charge is -2.34. The summed E-state index contributed by atoms with van der Waals surface area (Å²) in [7, 11) is -1.77. The van der Waals surface area contributed by atoms with Crippen molar-refractivity contribution in [2.45, 2.75) is 24.3 Å². The molecule has 2 aromatic carbocycles. The number of hydrogen-bond donors (Lipinski definition) is 1. The zero-order valence-electron chi connectivity index (χ0n) is 18.0. The van der Waals surface area contributed by atoms with E-state index in [-0.39, 0.29) is 16.7 Å². The molecule has 2 amide bonds.